The van der Waals surface area contributed by atoms with Crippen molar-refractivity contribution in [2.45, 2.75) is 26.8 Å². The molecule has 0 unspecified atom stereocenters. The first-order chi connectivity index (χ1) is 17.2. The first kappa shape index (κ1) is 25.9. The van der Waals surface area contributed by atoms with Gasteiger partial charge in [0.25, 0.3) is 5.56 Å². The van der Waals surface area contributed by atoms with Crippen molar-refractivity contribution in [2.75, 3.05) is 32.2 Å². The molecule has 0 spiro atoms. The van der Waals surface area contributed by atoms with Crippen LogP contribution in [-0.2, 0) is 9.53 Å². The zero-order valence-corrected chi connectivity index (χ0v) is 23.3. The number of fused-ring (bicyclic) bond motifs is 1. The van der Waals surface area contributed by atoms with Gasteiger partial charge in [-0.25, -0.2) is 9.79 Å². The van der Waals surface area contributed by atoms with E-state index in [1.807, 2.05) is 74.5 Å². The van der Waals surface area contributed by atoms with E-state index >= 15 is 0 Å². The number of anilines is 1. The summed E-state index contributed by atoms with van der Waals surface area (Å²) in [5.41, 5.74) is 3.40. The van der Waals surface area contributed by atoms with Gasteiger partial charge in [0.05, 0.1) is 40.7 Å². The van der Waals surface area contributed by atoms with E-state index in [1.54, 1.807) is 18.4 Å². The third-order valence-corrected chi connectivity index (χ3v) is 7.39. The lowest BCUT2D eigenvalue weighted by molar-refractivity contribution is -0.139. The standard InChI is InChI=1S/C27H28BrN3O4S/c1-6-34-19-11-9-18(10-12-19)24-23(26(33)35-7-2)16(3)29-27-31(24)25(32)22(36-27)15-17-8-13-21(30(4)5)20(28)14-17/h8-15,24H,6-7H2,1-5H3/b22-15-/t24-/m1/s1. The van der Waals surface area contributed by atoms with Crippen molar-refractivity contribution in [3.8, 4) is 5.75 Å². The van der Waals surface area contributed by atoms with Crippen molar-refractivity contribution in [1.29, 1.82) is 0 Å². The Morgan fingerprint density at radius 2 is 1.89 bits per heavy atom. The molecule has 0 radical (unpaired) electrons. The topological polar surface area (TPSA) is 73.1 Å². The van der Waals surface area contributed by atoms with Crippen molar-refractivity contribution in [1.82, 2.24) is 4.57 Å². The molecule has 0 amide bonds. The minimum atomic E-state index is -0.652. The highest BCUT2D eigenvalue weighted by atomic mass is 79.9. The summed E-state index contributed by atoms with van der Waals surface area (Å²) in [4.78, 5) is 33.9. The van der Waals surface area contributed by atoms with Crippen LogP contribution in [0.25, 0.3) is 6.08 Å². The normalized spacial score (nSPS) is 15.4. The molecule has 0 fully saturated rings. The fourth-order valence-corrected chi connectivity index (χ4v) is 5.94. The predicted octanol–water partition coefficient (Wildman–Crippen LogP) is 4.03. The van der Waals surface area contributed by atoms with Gasteiger partial charge in [-0.3, -0.25) is 9.36 Å². The lowest BCUT2D eigenvalue weighted by Crippen LogP contribution is -2.39. The first-order valence-electron chi connectivity index (χ1n) is 11.6. The van der Waals surface area contributed by atoms with E-state index < -0.39 is 12.0 Å². The number of esters is 1. The molecular weight excluding hydrogens is 542 g/mol. The molecule has 2 aromatic carbocycles. The highest BCUT2D eigenvalue weighted by Gasteiger charge is 2.33. The molecule has 0 N–H and O–H groups in total. The average molecular weight is 571 g/mol. The second-order valence-electron chi connectivity index (χ2n) is 8.41. The second kappa shape index (κ2) is 10.8. The van der Waals surface area contributed by atoms with Gasteiger partial charge in [-0.1, -0.05) is 29.5 Å². The Labute approximate surface area is 222 Å². The number of carbonyl (C=O) groups excluding carboxylic acids is 1. The van der Waals surface area contributed by atoms with E-state index in [2.05, 4.69) is 20.9 Å². The molecule has 4 rings (SSSR count). The molecule has 1 aromatic heterocycles. The summed E-state index contributed by atoms with van der Waals surface area (Å²) in [5.74, 6) is 0.244. The Balaban J connectivity index is 1.89. The lowest BCUT2D eigenvalue weighted by atomic mass is 9.96. The van der Waals surface area contributed by atoms with E-state index in [4.69, 9.17) is 9.47 Å². The number of aromatic nitrogens is 1. The van der Waals surface area contributed by atoms with E-state index in [9.17, 15) is 9.59 Å². The van der Waals surface area contributed by atoms with Crippen LogP contribution >= 0.6 is 27.3 Å². The molecule has 36 heavy (non-hydrogen) atoms. The van der Waals surface area contributed by atoms with Gasteiger partial charge in [-0.2, -0.15) is 0 Å². The van der Waals surface area contributed by atoms with Crippen LogP contribution in [0.4, 0.5) is 5.69 Å². The minimum absolute atomic E-state index is 0.209. The molecule has 7 nitrogen and oxygen atoms in total. The van der Waals surface area contributed by atoms with E-state index in [1.165, 1.54) is 11.3 Å². The van der Waals surface area contributed by atoms with Crippen LogP contribution in [-0.4, -0.2) is 37.8 Å². The quantitative estimate of drug-likeness (QED) is 0.402. The van der Waals surface area contributed by atoms with Gasteiger partial charge < -0.3 is 14.4 Å². The monoisotopic (exact) mass is 569 g/mol. The van der Waals surface area contributed by atoms with Crippen molar-refractivity contribution in [3.63, 3.8) is 0 Å². The lowest BCUT2D eigenvalue weighted by Gasteiger charge is -2.24. The van der Waals surface area contributed by atoms with E-state index in [0.29, 0.717) is 27.2 Å². The maximum absolute atomic E-state index is 13.7. The number of nitrogens with zero attached hydrogens (tertiary/aromatic N) is 3. The second-order valence-corrected chi connectivity index (χ2v) is 10.3. The predicted molar refractivity (Wildman–Crippen MR) is 146 cm³/mol. The Bertz CT molecular complexity index is 1500. The molecular formula is C27H28BrN3O4S. The molecule has 0 aliphatic carbocycles. The Morgan fingerprint density at radius 1 is 1.17 bits per heavy atom. The minimum Gasteiger partial charge on any atom is -0.494 e. The molecule has 2 heterocycles. The zero-order chi connectivity index (χ0) is 26.0. The van der Waals surface area contributed by atoms with Crippen LogP contribution in [0.2, 0.25) is 0 Å². The maximum Gasteiger partial charge on any atom is 0.338 e. The fraction of sp³-hybridized carbons (Fsp3) is 0.296. The zero-order valence-electron chi connectivity index (χ0n) is 20.9. The molecule has 188 valence electrons. The van der Waals surface area contributed by atoms with Crippen LogP contribution in [0, 0.1) is 0 Å². The summed E-state index contributed by atoms with van der Waals surface area (Å²) in [6, 6.07) is 12.7. The highest BCUT2D eigenvalue weighted by molar-refractivity contribution is 9.10. The van der Waals surface area contributed by atoms with Crippen LogP contribution in [0.3, 0.4) is 0 Å². The molecule has 0 saturated carbocycles. The number of rotatable bonds is 7. The van der Waals surface area contributed by atoms with Crippen LogP contribution in [0.15, 0.2) is 68.0 Å². The summed E-state index contributed by atoms with van der Waals surface area (Å²) in [6.45, 7) is 6.24. The Kier molecular flexibility index (Phi) is 7.80. The van der Waals surface area contributed by atoms with Crippen molar-refractivity contribution in [3.05, 3.63) is 89.0 Å². The Morgan fingerprint density at radius 3 is 2.50 bits per heavy atom. The Hall–Kier alpha value is -3.17. The number of hydrogen-bond donors (Lipinski definition) is 0. The number of halogens is 1. The smallest absolute Gasteiger partial charge is 0.338 e. The largest absolute Gasteiger partial charge is 0.494 e. The van der Waals surface area contributed by atoms with Gasteiger partial charge in [0, 0.05) is 18.6 Å². The number of benzene rings is 2. The van der Waals surface area contributed by atoms with Crippen molar-refractivity contribution in [2.24, 2.45) is 4.99 Å². The molecule has 1 atom stereocenters. The van der Waals surface area contributed by atoms with Gasteiger partial charge in [0.15, 0.2) is 4.80 Å². The first-order valence-corrected chi connectivity index (χ1v) is 13.2. The van der Waals surface area contributed by atoms with Crippen LogP contribution < -0.4 is 24.5 Å². The summed E-state index contributed by atoms with van der Waals surface area (Å²) >= 11 is 4.92. The number of ether oxygens (including phenoxy) is 2. The molecule has 0 saturated heterocycles. The van der Waals surface area contributed by atoms with E-state index in [0.717, 1.165) is 27.0 Å². The van der Waals surface area contributed by atoms with Gasteiger partial charge in [0.2, 0.25) is 0 Å². The maximum atomic E-state index is 13.7. The summed E-state index contributed by atoms with van der Waals surface area (Å²) in [5, 5.41) is 0. The van der Waals surface area contributed by atoms with Gasteiger partial charge in [-0.15, -0.1) is 0 Å². The van der Waals surface area contributed by atoms with Crippen molar-refractivity contribution < 1.29 is 14.3 Å². The van der Waals surface area contributed by atoms with Crippen molar-refractivity contribution >= 4 is 45.0 Å². The molecule has 9 heteroatoms. The molecule has 1 aliphatic rings. The number of hydrogen-bond acceptors (Lipinski definition) is 7. The average Bonchev–Trinajstić information content (AvgIpc) is 3.13. The summed E-state index contributed by atoms with van der Waals surface area (Å²) in [7, 11) is 3.95. The molecule has 0 bridgehead atoms. The number of allylic oxidation sites excluding steroid dienone is 1. The van der Waals surface area contributed by atoms with Crippen LogP contribution in [0.1, 0.15) is 37.9 Å². The molecule has 1 aliphatic heterocycles. The van der Waals surface area contributed by atoms with Gasteiger partial charge in [-0.05, 0) is 78.2 Å². The van der Waals surface area contributed by atoms with Gasteiger partial charge in [0.1, 0.15) is 5.75 Å². The number of thiazole rings is 1. The van der Waals surface area contributed by atoms with Crippen LogP contribution in [0.5, 0.6) is 5.75 Å². The third kappa shape index (κ3) is 5.03. The SMILES string of the molecule is CCOC(=O)C1=C(C)N=c2s/c(=C\c3ccc(N(C)C)c(Br)c3)c(=O)n2[C@@H]1c1ccc(OCC)cc1. The van der Waals surface area contributed by atoms with E-state index in [-0.39, 0.29) is 12.2 Å². The third-order valence-electron chi connectivity index (χ3n) is 5.78. The fourth-order valence-electron chi connectivity index (χ4n) is 4.15. The summed E-state index contributed by atoms with van der Waals surface area (Å²) in [6.07, 6.45) is 1.85. The highest BCUT2D eigenvalue weighted by Crippen LogP contribution is 2.32. The van der Waals surface area contributed by atoms with Gasteiger partial charge >= 0.3 is 5.97 Å². The summed E-state index contributed by atoms with van der Waals surface area (Å²) < 4.78 is 14.0. The molecule has 3 aromatic rings. The number of carbonyl (C=O) groups is 1.